The van der Waals surface area contributed by atoms with Gasteiger partial charge in [0, 0.05) is 12.4 Å². The number of hydrogen-bond donors (Lipinski definition) is 1. The van der Waals surface area contributed by atoms with E-state index in [4.69, 9.17) is 10.3 Å². The second kappa shape index (κ2) is 5.02. The fourth-order valence-corrected chi connectivity index (χ4v) is 2.79. The molecular formula is C10H10N6OS2. The van der Waals surface area contributed by atoms with Crippen LogP contribution in [0.5, 0.6) is 0 Å². The number of thioether (sulfide) groups is 1. The molecule has 98 valence electrons. The quantitative estimate of drug-likeness (QED) is 0.733. The molecular weight excluding hydrogens is 284 g/mol. The lowest BCUT2D eigenvalue weighted by molar-refractivity contribution is 0.425. The van der Waals surface area contributed by atoms with Gasteiger partial charge in [0.15, 0.2) is 11.0 Å². The maximum absolute atomic E-state index is 5.61. The summed E-state index contributed by atoms with van der Waals surface area (Å²) in [6.45, 7) is 0. The highest BCUT2D eigenvalue weighted by atomic mass is 32.2. The highest BCUT2D eigenvalue weighted by molar-refractivity contribution is 7.98. The van der Waals surface area contributed by atoms with Crippen molar-refractivity contribution in [3.8, 4) is 11.5 Å². The molecule has 3 aromatic rings. The molecule has 0 fully saturated rings. The number of hydrogen-bond acceptors (Lipinski definition) is 8. The van der Waals surface area contributed by atoms with Gasteiger partial charge in [-0.05, 0) is 11.4 Å². The van der Waals surface area contributed by atoms with E-state index in [0.29, 0.717) is 23.4 Å². The van der Waals surface area contributed by atoms with Crippen LogP contribution in [0.3, 0.4) is 0 Å². The van der Waals surface area contributed by atoms with Crippen LogP contribution in [0.2, 0.25) is 0 Å². The number of nitrogen functional groups attached to an aromatic ring is 1. The number of aromatic nitrogens is 5. The third-order valence-electron chi connectivity index (χ3n) is 2.44. The van der Waals surface area contributed by atoms with E-state index in [9.17, 15) is 0 Å². The van der Waals surface area contributed by atoms with Gasteiger partial charge in [0.25, 0.3) is 5.89 Å². The standard InChI is InChI=1S/C10H10N6OS2/c1-16-9(11)13-14-10(16)19-5-7-12-8(17-15-7)6-2-3-18-4-6/h2-4H,5H2,1H3,(H2,11,13). The van der Waals surface area contributed by atoms with Crippen molar-refractivity contribution < 1.29 is 4.52 Å². The molecule has 0 saturated heterocycles. The second-order valence-electron chi connectivity index (χ2n) is 3.72. The van der Waals surface area contributed by atoms with Gasteiger partial charge in [-0.15, -0.1) is 10.2 Å². The van der Waals surface area contributed by atoms with Crippen LogP contribution < -0.4 is 5.73 Å². The predicted octanol–water partition coefficient (Wildman–Crippen LogP) is 1.80. The Hall–Kier alpha value is -1.87. The van der Waals surface area contributed by atoms with E-state index < -0.39 is 0 Å². The predicted molar refractivity (Wildman–Crippen MR) is 72.6 cm³/mol. The normalized spacial score (nSPS) is 11.0. The lowest BCUT2D eigenvalue weighted by Gasteiger charge is -1.97. The number of nitrogens with two attached hydrogens (primary N) is 1. The molecule has 0 amide bonds. The summed E-state index contributed by atoms with van der Waals surface area (Å²) in [7, 11) is 1.81. The van der Waals surface area contributed by atoms with Gasteiger partial charge in [0.05, 0.1) is 11.3 Å². The van der Waals surface area contributed by atoms with E-state index in [1.54, 1.807) is 15.9 Å². The van der Waals surface area contributed by atoms with Crippen LogP contribution in [0, 0.1) is 0 Å². The van der Waals surface area contributed by atoms with Crippen molar-refractivity contribution in [1.29, 1.82) is 0 Å². The molecule has 19 heavy (non-hydrogen) atoms. The van der Waals surface area contributed by atoms with E-state index >= 15 is 0 Å². The van der Waals surface area contributed by atoms with Gasteiger partial charge in [-0.25, -0.2) is 0 Å². The van der Waals surface area contributed by atoms with Gasteiger partial charge < -0.3 is 10.3 Å². The van der Waals surface area contributed by atoms with Crippen LogP contribution >= 0.6 is 23.1 Å². The molecule has 0 aromatic carbocycles. The van der Waals surface area contributed by atoms with E-state index in [2.05, 4.69) is 20.3 Å². The molecule has 0 aliphatic rings. The zero-order valence-corrected chi connectivity index (χ0v) is 11.6. The van der Waals surface area contributed by atoms with E-state index in [1.165, 1.54) is 11.8 Å². The first-order valence-electron chi connectivity index (χ1n) is 5.37. The Morgan fingerprint density at radius 1 is 1.47 bits per heavy atom. The minimum atomic E-state index is 0.384. The third kappa shape index (κ3) is 2.47. The Morgan fingerprint density at radius 2 is 2.37 bits per heavy atom. The minimum absolute atomic E-state index is 0.384. The molecule has 0 bridgehead atoms. The average molecular weight is 294 g/mol. The molecule has 7 nitrogen and oxygen atoms in total. The molecule has 0 atom stereocenters. The first-order chi connectivity index (χ1) is 9.24. The summed E-state index contributed by atoms with van der Waals surface area (Å²) < 4.78 is 6.91. The molecule has 3 rings (SSSR count). The molecule has 0 aliphatic carbocycles. The Kier molecular flexibility index (Phi) is 3.22. The Bertz CT molecular complexity index is 674. The molecule has 0 unspecified atom stereocenters. The molecule has 0 saturated carbocycles. The highest BCUT2D eigenvalue weighted by Crippen LogP contribution is 2.23. The van der Waals surface area contributed by atoms with Crippen molar-refractivity contribution >= 4 is 29.0 Å². The average Bonchev–Trinajstić information content (AvgIpc) is 3.11. The minimum Gasteiger partial charge on any atom is -0.368 e. The lowest BCUT2D eigenvalue weighted by Crippen LogP contribution is -1.98. The summed E-state index contributed by atoms with van der Waals surface area (Å²) in [4.78, 5) is 4.32. The highest BCUT2D eigenvalue weighted by Gasteiger charge is 2.11. The molecule has 0 aliphatic heterocycles. The van der Waals surface area contributed by atoms with Gasteiger partial charge in [0.2, 0.25) is 5.95 Å². The first kappa shape index (κ1) is 12.2. The number of rotatable bonds is 4. The van der Waals surface area contributed by atoms with Crippen LogP contribution in [-0.4, -0.2) is 24.9 Å². The van der Waals surface area contributed by atoms with Crippen molar-refractivity contribution in [2.24, 2.45) is 7.05 Å². The van der Waals surface area contributed by atoms with E-state index in [1.807, 2.05) is 23.9 Å². The number of nitrogens with zero attached hydrogens (tertiary/aromatic N) is 5. The summed E-state index contributed by atoms with van der Waals surface area (Å²) in [5, 5.41) is 16.3. The Balaban J connectivity index is 1.69. The van der Waals surface area contributed by atoms with Crippen molar-refractivity contribution in [2.45, 2.75) is 10.9 Å². The summed E-state index contributed by atoms with van der Waals surface area (Å²) in [5.41, 5.74) is 6.55. The molecule has 9 heteroatoms. The van der Waals surface area contributed by atoms with Gasteiger partial charge >= 0.3 is 0 Å². The van der Waals surface area contributed by atoms with Gasteiger partial charge in [-0.2, -0.15) is 16.3 Å². The largest absolute Gasteiger partial charge is 0.368 e. The summed E-state index contributed by atoms with van der Waals surface area (Å²) in [6.07, 6.45) is 0. The third-order valence-corrected chi connectivity index (χ3v) is 4.13. The Morgan fingerprint density at radius 3 is 3.05 bits per heavy atom. The summed E-state index contributed by atoms with van der Waals surface area (Å²) in [6, 6.07) is 1.94. The first-order valence-corrected chi connectivity index (χ1v) is 7.29. The van der Waals surface area contributed by atoms with Gasteiger partial charge in [0.1, 0.15) is 0 Å². The van der Waals surface area contributed by atoms with Crippen LogP contribution in [0.4, 0.5) is 5.95 Å². The van der Waals surface area contributed by atoms with Crippen molar-refractivity contribution in [3.05, 3.63) is 22.7 Å². The van der Waals surface area contributed by atoms with Crippen LogP contribution in [-0.2, 0) is 12.8 Å². The smallest absolute Gasteiger partial charge is 0.258 e. The van der Waals surface area contributed by atoms with Crippen LogP contribution in [0.15, 0.2) is 26.5 Å². The zero-order valence-electron chi connectivity index (χ0n) is 9.98. The maximum atomic E-state index is 5.61. The zero-order chi connectivity index (χ0) is 13.2. The van der Waals surface area contributed by atoms with Crippen molar-refractivity contribution in [3.63, 3.8) is 0 Å². The van der Waals surface area contributed by atoms with Crippen molar-refractivity contribution in [1.82, 2.24) is 24.9 Å². The fraction of sp³-hybridized carbons (Fsp3) is 0.200. The molecule has 3 aromatic heterocycles. The van der Waals surface area contributed by atoms with E-state index in [0.717, 1.165) is 10.7 Å². The monoisotopic (exact) mass is 294 g/mol. The van der Waals surface area contributed by atoms with Gasteiger partial charge in [-0.3, -0.25) is 4.57 Å². The van der Waals surface area contributed by atoms with Crippen molar-refractivity contribution in [2.75, 3.05) is 5.73 Å². The maximum Gasteiger partial charge on any atom is 0.258 e. The molecule has 2 N–H and O–H groups in total. The second-order valence-corrected chi connectivity index (χ2v) is 5.44. The lowest BCUT2D eigenvalue weighted by atomic mass is 10.3. The molecule has 0 spiro atoms. The fourth-order valence-electron chi connectivity index (χ4n) is 1.40. The van der Waals surface area contributed by atoms with E-state index in [-0.39, 0.29) is 0 Å². The van der Waals surface area contributed by atoms with Crippen LogP contribution in [0.1, 0.15) is 5.82 Å². The SMILES string of the molecule is Cn1c(N)nnc1SCc1noc(-c2ccsc2)n1. The number of anilines is 1. The van der Waals surface area contributed by atoms with Gasteiger partial charge in [-0.1, -0.05) is 16.9 Å². The molecule has 3 heterocycles. The van der Waals surface area contributed by atoms with Crippen LogP contribution in [0.25, 0.3) is 11.5 Å². The summed E-state index contributed by atoms with van der Waals surface area (Å²) in [5.74, 6) is 2.09. The summed E-state index contributed by atoms with van der Waals surface area (Å²) >= 11 is 3.05. The number of thiophene rings is 1. The topological polar surface area (TPSA) is 95.7 Å². The molecule has 0 radical (unpaired) electrons. The Labute approximate surface area is 116 Å².